The molecule has 2 N–H and O–H groups in total. The lowest BCUT2D eigenvalue weighted by molar-refractivity contribution is 0.302. The third-order valence-corrected chi connectivity index (χ3v) is 5.36. The van der Waals surface area contributed by atoms with Gasteiger partial charge in [0, 0.05) is 6.54 Å². The fraction of sp³-hybridized carbons (Fsp3) is 0.727. The van der Waals surface area contributed by atoms with Crippen molar-refractivity contribution in [2.45, 2.75) is 31.1 Å². The molecule has 1 atom stereocenters. The minimum absolute atomic E-state index is 0.219. The maximum absolute atomic E-state index is 11.8. The lowest BCUT2D eigenvalue weighted by atomic mass is 10.2. The molecule has 2 heterocycles. The van der Waals surface area contributed by atoms with Crippen LogP contribution in [0.5, 0.6) is 5.75 Å². The monoisotopic (exact) mass is 273 g/mol. The van der Waals surface area contributed by atoms with Crippen LogP contribution in [0.1, 0.15) is 19.3 Å². The molecule has 1 unspecified atom stereocenters. The highest BCUT2D eigenvalue weighted by Crippen LogP contribution is 2.20. The Bertz CT molecular complexity index is 483. The number of sulfone groups is 1. The van der Waals surface area contributed by atoms with Gasteiger partial charge in [-0.2, -0.15) is 5.10 Å². The molecule has 0 aromatic carbocycles. The molecule has 1 fully saturated rings. The van der Waals surface area contributed by atoms with E-state index in [1.54, 1.807) is 17.1 Å². The van der Waals surface area contributed by atoms with E-state index in [4.69, 9.17) is 10.5 Å². The zero-order valence-electron chi connectivity index (χ0n) is 10.3. The van der Waals surface area contributed by atoms with E-state index in [0.29, 0.717) is 25.3 Å². The Labute approximate surface area is 107 Å². The van der Waals surface area contributed by atoms with Crippen molar-refractivity contribution in [3.8, 4) is 5.75 Å². The Kier molecular flexibility index (Phi) is 4.23. The second-order valence-corrected chi connectivity index (χ2v) is 6.92. The normalized spacial score (nSPS) is 22.8. The van der Waals surface area contributed by atoms with Gasteiger partial charge in [-0.05, 0) is 12.8 Å². The maximum atomic E-state index is 11.8. The molecule has 1 aliphatic rings. The summed E-state index contributed by atoms with van der Waals surface area (Å²) in [7, 11) is -2.97. The SMILES string of the molecule is NCCn1cc(OCC2CCCCS2(=O)=O)cn1. The minimum Gasteiger partial charge on any atom is -0.489 e. The van der Waals surface area contributed by atoms with Crippen molar-refractivity contribution in [3.05, 3.63) is 12.4 Å². The lowest BCUT2D eigenvalue weighted by Crippen LogP contribution is -2.33. The molecular formula is C11H19N3O3S. The molecule has 1 aromatic rings. The van der Waals surface area contributed by atoms with Crippen LogP contribution in [0.4, 0.5) is 0 Å². The second kappa shape index (κ2) is 5.71. The van der Waals surface area contributed by atoms with Crippen LogP contribution < -0.4 is 10.5 Å². The maximum Gasteiger partial charge on any atom is 0.157 e. The van der Waals surface area contributed by atoms with Gasteiger partial charge in [-0.15, -0.1) is 0 Å². The van der Waals surface area contributed by atoms with E-state index in [-0.39, 0.29) is 17.6 Å². The fourth-order valence-corrected chi connectivity index (χ4v) is 3.81. The van der Waals surface area contributed by atoms with Crippen LogP contribution >= 0.6 is 0 Å². The number of nitrogens with two attached hydrogens (primary N) is 1. The molecule has 7 heteroatoms. The van der Waals surface area contributed by atoms with Gasteiger partial charge >= 0.3 is 0 Å². The zero-order valence-corrected chi connectivity index (χ0v) is 11.1. The van der Waals surface area contributed by atoms with Gasteiger partial charge in [-0.25, -0.2) is 8.42 Å². The van der Waals surface area contributed by atoms with E-state index < -0.39 is 9.84 Å². The molecule has 1 aromatic heterocycles. The number of ether oxygens (including phenoxy) is 1. The summed E-state index contributed by atoms with van der Waals surface area (Å²) in [5.41, 5.74) is 5.42. The molecule has 0 radical (unpaired) electrons. The molecule has 102 valence electrons. The van der Waals surface area contributed by atoms with Crippen molar-refractivity contribution in [2.24, 2.45) is 5.73 Å². The molecule has 0 spiro atoms. The highest BCUT2D eigenvalue weighted by molar-refractivity contribution is 7.92. The Hall–Kier alpha value is -1.08. The first-order valence-electron chi connectivity index (χ1n) is 6.19. The fourth-order valence-electron chi connectivity index (χ4n) is 2.07. The van der Waals surface area contributed by atoms with Crippen LogP contribution in [0, 0.1) is 0 Å². The van der Waals surface area contributed by atoms with Crippen molar-refractivity contribution in [2.75, 3.05) is 18.9 Å². The first-order chi connectivity index (χ1) is 8.62. The standard InChI is InChI=1S/C11H19N3O3S/c12-4-5-14-8-10(7-13-14)17-9-11-3-1-2-6-18(11,15)16/h7-8,11H,1-6,9,12H2. The molecule has 0 bridgehead atoms. The van der Waals surface area contributed by atoms with Crippen LogP contribution in [0.15, 0.2) is 12.4 Å². The predicted octanol–water partition coefficient (Wildman–Crippen LogP) is 0.188. The Morgan fingerprint density at radius 3 is 3.06 bits per heavy atom. The first-order valence-corrected chi connectivity index (χ1v) is 7.90. The van der Waals surface area contributed by atoms with Crippen LogP contribution in [-0.2, 0) is 16.4 Å². The number of rotatable bonds is 5. The summed E-state index contributed by atoms with van der Waals surface area (Å²) in [6.45, 7) is 1.36. The van der Waals surface area contributed by atoms with Crippen molar-refractivity contribution < 1.29 is 13.2 Å². The first kappa shape index (κ1) is 13.4. The Morgan fingerprint density at radius 1 is 1.50 bits per heavy atom. The molecule has 6 nitrogen and oxygen atoms in total. The van der Waals surface area contributed by atoms with E-state index in [0.717, 1.165) is 12.8 Å². The highest BCUT2D eigenvalue weighted by Gasteiger charge is 2.29. The zero-order chi connectivity index (χ0) is 13.0. The Morgan fingerprint density at radius 2 is 2.33 bits per heavy atom. The summed E-state index contributed by atoms with van der Waals surface area (Å²) in [5, 5.41) is 3.70. The van der Waals surface area contributed by atoms with Crippen molar-refractivity contribution >= 4 is 9.84 Å². The molecule has 0 amide bonds. The summed E-state index contributed by atoms with van der Waals surface area (Å²) in [5.74, 6) is 0.886. The van der Waals surface area contributed by atoms with E-state index in [1.165, 1.54) is 0 Å². The van der Waals surface area contributed by atoms with Crippen LogP contribution in [-0.4, -0.2) is 42.4 Å². The van der Waals surface area contributed by atoms with Gasteiger partial charge in [0.2, 0.25) is 0 Å². The van der Waals surface area contributed by atoms with Crippen molar-refractivity contribution in [3.63, 3.8) is 0 Å². The molecule has 18 heavy (non-hydrogen) atoms. The molecule has 0 aliphatic carbocycles. The summed E-state index contributed by atoms with van der Waals surface area (Å²) < 4.78 is 30.8. The van der Waals surface area contributed by atoms with Gasteiger partial charge in [-0.1, -0.05) is 6.42 Å². The van der Waals surface area contributed by atoms with Gasteiger partial charge in [-0.3, -0.25) is 4.68 Å². The van der Waals surface area contributed by atoms with Gasteiger partial charge < -0.3 is 10.5 Å². The molecule has 1 saturated heterocycles. The van der Waals surface area contributed by atoms with Crippen molar-refractivity contribution in [1.29, 1.82) is 0 Å². The molecular weight excluding hydrogens is 254 g/mol. The van der Waals surface area contributed by atoms with Gasteiger partial charge in [0.1, 0.15) is 6.61 Å². The predicted molar refractivity (Wildman–Crippen MR) is 68.2 cm³/mol. The summed E-state index contributed by atoms with van der Waals surface area (Å²) in [6, 6.07) is 0. The number of hydrogen-bond acceptors (Lipinski definition) is 5. The van der Waals surface area contributed by atoms with Crippen LogP contribution in [0.25, 0.3) is 0 Å². The summed E-state index contributed by atoms with van der Waals surface area (Å²) in [6.07, 6.45) is 5.75. The smallest absolute Gasteiger partial charge is 0.157 e. The van der Waals surface area contributed by atoms with Gasteiger partial charge in [0.05, 0.1) is 29.9 Å². The minimum atomic E-state index is -2.97. The topological polar surface area (TPSA) is 87.2 Å². The van der Waals surface area contributed by atoms with Gasteiger partial charge in [0.15, 0.2) is 15.6 Å². The molecule has 0 saturated carbocycles. The molecule has 2 rings (SSSR count). The summed E-state index contributed by atoms with van der Waals surface area (Å²) >= 11 is 0. The summed E-state index contributed by atoms with van der Waals surface area (Å²) in [4.78, 5) is 0. The third kappa shape index (κ3) is 3.23. The molecule has 1 aliphatic heterocycles. The third-order valence-electron chi connectivity index (χ3n) is 3.12. The van der Waals surface area contributed by atoms with Crippen molar-refractivity contribution in [1.82, 2.24) is 9.78 Å². The van der Waals surface area contributed by atoms with Gasteiger partial charge in [0.25, 0.3) is 0 Å². The van der Waals surface area contributed by atoms with E-state index in [1.807, 2.05) is 0 Å². The lowest BCUT2D eigenvalue weighted by Gasteiger charge is -2.21. The van der Waals surface area contributed by atoms with E-state index in [9.17, 15) is 8.42 Å². The number of hydrogen-bond donors (Lipinski definition) is 1. The Balaban J connectivity index is 1.90. The van der Waals surface area contributed by atoms with E-state index in [2.05, 4.69) is 5.10 Å². The van der Waals surface area contributed by atoms with Crippen LogP contribution in [0.2, 0.25) is 0 Å². The number of nitrogens with zero attached hydrogens (tertiary/aromatic N) is 2. The highest BCUT2D eigenvalue weighted by atomic mass is 32.2. The van der Waals surface area contributed by atoms with Crippen LogP contribution in [0.3, 0.4) is 0 Å². The quantitative estimate of drug-likeness (QED) is 0.827. The largest absolute Gasteiger partial charge is 0.489 e. The average Bonchev–Trinajstić information content (AvgIpc) is 2.75. The number of aromatic nitrogens is 2. The van der Waals surface area contributed by atoms with E-state index >= 15 is 0 Å². The second-order valence-electron chi connectivity index (χ2n) is 4.52. The average molecular weight is 273 g/mol.